The lowest BCUT2D eigenvalue weighted by molar-refractivity contribution is -0.384. The Morgan fingerprint density at radius 2 is 2.30 bits per heavy atom. The summed E-state index contributed by atoms with van der Waals surface area (Å²) >= 11 is 5.23. The number of aromatic amines is 1. The highest BCUT2D eigenvalue weighted by molar-refractivity contribution is 7.71. The Morgan fingerprint density at radius 3 is 2.90 bits per heavy atom. The summed E-state index contributed by atoms with van der Waals surface area (Å²) in [5, 5.41) is 17.8. The van der Waals surface area contributed by atoms with Crippen molar-refractivity contribution in [3.63, 3.8) is 0 Å². The van der Waals surface area contributed by atoms with Gasteiger partial charge in [0, 0.05) is 12.1 Å². The van der Waals surface area contributed by atoms with E-state index in [4.69, 9.17) is 17.0 Å². The number of nitro benzene ring substituents is 1. The van der Waals surface area contributed by atoms with Crippen LogP contribution in [0.25, 0.3) is 11.4 Å². The summed E-state index contributed by atoms with van der Waals surface area (Å²) in [6.07, 6.45) is 2.13. The second-order valence-corrected chi connectivity index (χ2v) is 4.98. The molecule has 1 aromatic heterocycles. The normalized spacial score (nSPS) is 14.2. The fourth-order valence-corrected chi connectivity index (χ4v) is 2.43. The van der Waals surface area contributed by atoms with Gasteiger partial charge in [-0.05, 0) is 31.1 Å². The monoisotopic (exact) mass is 292 g/mol. The molecule has 1 aromatic carbocycles. The van der Waals surface area contributed by atoms with Crippen LogP contribution in [0.1, 0.15) is 18.9 Å². The van der Waals surface area contributed by atoms with Gasteiger partial charge in [-0.1, -0.05) is 0 Å². The number of hydrogen-bond acceptors (Lipinski definition) is 5. The van der Waals surface area contributed by atoms with Gasteiger partial charge in [0.15, 0.2) is 10.6 Å². The van der Waals surface area contributed by atoms with Crippen molar-refractivity contribution in [3.8, 4) is 17.1 Å². The SMILES string of the molecule is COc1cc([N+](=O)[O-])ccc1-c1n[nH]c(=S)n1C1CC1. The summed E-state index contributed by atoms with van der Waals surface area (Å²) in [6, 6.07) is 4.83. The predicted molar refractivity (Wildman–Crippen MR) is 74.3 cm³/mol. The zero-order valence-electron chi connectivity index (χ0n) is 10.7. The zero-order chi connectivity index (χ0) is 14.3. The van der Waals surface area contributed by atoms with Crippen molar-refractivity contribution in [2.24, 2.45) is 0 Å². The average Bonchev–Trinajstić information content (AvgIpc) is 3.21. The molecule has 20 heavy (non-hydrogen) atoms. The predicted octanol–water partition coefficient (Wildman–Crippen LogP) is 2.86. The van der Waals surface area contributed by atoms with Crippen LogP contribution in [0.4, 0.5) is 5.69 Å². The molecule has 0 saturated heterocycles. The molecule has 0 unspecified atom stereocenters. The van der Waals surface area contributed by atoms with E-state index in [1.165, 1.54) is 19.2 Å². The second kappa shape index (κ2) is 4.71. The van der Waals surface area contributed by atoms with E-state index in [0.717, 1.165) is 12.8 Å². The molecule has 2 aromatic rings. The molecule has 0 bridgehead atoms. The number of aromatic nitrogens is 3. The number of nitrogens with one attached hydrogen (secondary N) is 1. The number of non-ortho nitro benzene ring substituents is 1. The molecule has 104 valence electrons. The molecule has 3 rings (SSSR count). The molecule has 1 N–H and O–H groups in total. The maximum atomic E-state index is 10.8. The molecule has 1 saturated carbocycles. The Kier molecular flexibility index (Phi) is 3.01. The Bertz CT molecular complexity index is 733. The smallest absolute Gasteiger partial charge is 0.273 e. The van der Waals surface area contributed by atoms with Crippen LogP contribution in [0.5, 0.6) is 5.75 Å². The summed E-state index contributed by atoms with van der Waals surface area (Å²) in [5.41, 5.74) is 0.676. The molecule has 1 aliphatic carbocycles. The number of nitro groups is 1. The van der Waals surface area contributed by atoms with E-state index in [0.29, 0.717) is 28.0 Å². The molecule has 1 fully saturated rings. The first kappa shape index (κ1) is 12.8. The van der Waals surface area contributed by atoms with Gasteiger partial charge in [0.25, 0.3) is 5.69 Å². The van der Waals surface area contributed by atoms with Gasteiger partial charge in [-0.15, -0.1) is 0 Å². The number of methoxy groups -OCH3 is 1. The third-order valence-electron chi connectivity index (χ3n) is 3.25. The minimum atomic E-state index is -0.454. The van der Waals surface area contributed by atoms with Crippen molar-refractivity contribution in [1.82, 2.24) is 14.8 Å². The van der Waals surface area contributed by atoms with Crippen LogP contribution >= 0.6 is 12.2 Å². The van der Waals surface area contributed by atoms with Crippen LogP contribution in [0, 0.1) is 14.9 Å². The molecular weight excluding hydrogens is 280 g/mol. The van der Waals surface area contributed by atoms with E-state index in [2.05, 4.69) is 10.2 Å². The van der Waals surface area contributed by atoms with Crippen molar-refractivity contribution >= 4 is 17.9 Å². The standard InChI is InChI=1S/C12H12N4O3S/c1-19-10-6-8(16(17)18)4-5-9(10)11-13-14-12(20)15(11)7-2-3-7/h4-7H,2-3H2,1H3,(H,14,20). The number of hydrogen-bond donors (Lipinski definition) is 1. The van der Waals surface area contributed by atoms with Gasteiger partial charge in [-0.3, -0.25) is 19.8 Å². The molecule has 0 spiro atoms. The largest absolute Gasteiger partial charge is 0.496 e. The molecule has 8 heteroatoms. The van der Waals surface area contributed by atoms with E-state index >= 15 is 0 Å². The molecule has 1 heterocycles. The number of H-pyrrole nitrogens is 1. The van der Waals surface area contributed by atoms with Gasteiger partial charge in [-0.2, -0.15) is 5.10 Å². The third-order valence-corrected chi connectivity index (χ3v) is 3.54. The zero-order valence-corrected chi connectivity index (χ0v) is 11.5. The lowest BCUT2D eigenvalue weighted by atomic mass is 10.1. The van der Waals surface area contributed by atoms with Crippen LogP contribution in [-0.4, -0.2) is 26.8 Å². The first-order valence-corrected chi connectivity index (χ1v) is 6.52. The van der Waals surface area contributed by atoms with Gasteiger partial charge < -0.3 is 4.74 Å². The molecular formula is C12H12N4O3S. The lowest BCUT2D eigenvalue weighted by Gasteiger charge is -2.09. The van der Waals surface area contributed by atoms with Gasteiger partial charge in [0.1, 0.15) is 5.75 Å². The molecule has 0 atom stereocenters. The maximum absolute atomic E-state index is 10.8. The quantitative estimate of drug-likeness (QED) is 0.532. The van der Waals surface area contributed by atoms with E-state index < -0.39 is 4.92 Å². The second-order valence-electron chi connectivity index (χ2n) is 4.60. The average molecular weight is 292 g/mol. The summed E-state index contributed by atoms with van der Waals surface area (Å²) in [5.74, 6) is 1.07. The lowest BCUT2D eigenvalue weighted by Crippen LogP contribution is -2.00. The van der Waals surface area contributed by atoms with Crippen LogP contribution in [0.3, 0.4) is 0 Å². The van der Waals surface area contributed by atoms with Crippen molar-refractivity contribution in [1.29, 1.82) is 0 Å². The number of nitrogens with zero attached hydrogens (tertiary/aromatic N) is 3. The van der Waals surface area contributed by atoms with Crippen molar-refractivity contribution < 1.29 is 9.66 Å². The molecule has 7 nitrogen and oxygen atoms in total. The highest BCUT2D eigenvalue weighted by Gasteiger charge is 2.29. The molecule has 0 aliphatic heterocycles. The number of benzene rings is 1. The Labute approximate surface area is 119 Å². The van der Waals surface area contributed by atoms with Gasteiger partial charge in [0.05, 0.1) is 23.7 Å². The fraction of sp³-hybridized carbons (Fsp3) is 0.333. The summed E-state index contributed by atoms with van der Waals surface area (Å²) in [6.45, 7) is 0. The Morgan fingerprint density at radius 1 is 1.55 bits per heavy atom. The highest BCUT2D eigenvalue weighted by atomic mass is 32.1. The summed E-state index contributed by atoms with van der Waals surface area (Å²) < 4.78 is 7.75. The minimum Gasteiger partial charge on any atom is -0.496 e. The van der Waals surface area contributed by atoms with E-state index in [-0.39, 0.29) is 5.69 Å². The van der Waals surface area contributed by atoms with Crippen molar-refractivity contribution in [2.75, 3.05) is 7.11 Å². The number of ether oxygens (including phenoxy) is 1. The number of rotatable bonds is 4. The summed E-state index contributed by atoms with van der Waals surface area (Å²) in [4.78, 5) is 10.4. The topological polar surface area (TPSA) is 86.0 Å². The van der Waals surface area contributed by atoms with Crippen LogP contribution < -0.4 is 4.74 Å². The first-order chi connectivity index (χ1) is 9.61. The highest BCUT2D eigenvalue weighted by Crippen LogP contribution is 2.40. The summed E-state index contributed by atoms with van der Waals surface area (Å²) in [7, 11) is 1.48. The van der Waals surface area contributed by atoms with Gasteiger partial charge in [-0.25, -0.2) is 0 Å². The Hall–Kier alpha value is -2.22. The van der Waals surface area contributed by atoms with Gasteiger partial charge in [0.2, 0.25) is 0 Å². The van der Waals surface area contributed by atoms with Crippen LogP contribution in [-0.2, 0) is 0 Å². The minimum absolute atomic E-state index is 0.0160. The van der Waals surface area contributed by atoms with E-state index in [1.807, 2.05) is 4.57 Å². The molecule has 0 radical (unpaired) electrons. The fourth-order valence-electron chi connectivity index (χ4n) is 2.14. The van der Waals surface area contributed by atoms with Crippen LogP contribution in [0.15, 0.2) is 18.2 Å². The van der Waals surface area contributed by atoms with E-state index in [9.17, 15) is 10.1 Å². The first-order valence-electron chi connectivity index (χ1n) is 6.11. The van der Waals surface area contributed by atoms with Gasteiger partial charge >= 0.3 is 0 Å². The van der Waals surface area contributed by atoms with Crippen molar-refractivity contribution in [2.45, 2.75) is 18.9 Å². The van der Waals surface area contributed by atoms with Crippen molar-refractivity contribution in [3.05, 3.63) is 33.1 Å². The molecule has 1 aliphatic rings. The maximum Gasteiger partial charge on any atom is 0.273 e. The molecule has 0 amide bonds. The Balaban J connectivity index is 2.15. The van der Waals surface area contributed by atoms with Crippen LogP contribution in [0.2, 0.25) is 0 Å². The third kappa shape index (κ3) is 2.07. The van der Waals surface area contributed by atoms with E-state index in [1.54, 1.807) is 6.07 Å².